The maximum atomic E-state index is 12.4. The van der Waals surface area contributed by atoms with Crippen molar-refractivity contribution in [2.75, 3.05) is 12.4 Å². The number of azo groups is 1. The quantitative estimate of drug-likeness (QED) is 0.835. The smallest absolute Gasteiger partial charge is 0.471 e. The normalized spacial score (nSPS) is 11.7. The SMILES string of the molecule is COc1ccc(N=Nc2c(NC(=O)C(F)(F)F)n(C)[nH]c2=O)cc1. The number of hydrogen-bond donors (Lipinski definition) is 2. The van der Waals surface area contributed by atoms with Gasteiger partial charge in [0, 0.05) is 7.05 Å². The van der Waals surface area contributed by atoms with Gasteiger partial charge in [-0.2, -0.15) is 18.3 Å². The first-order chi connectivity index (χ1) is 11.2. The fraction of sp³-hybridized carbons (Fsp3) is 0.231. The number of aromatic amines is 1. The van der Waals surface area contributed by atoms with Gasteiger partial charge in [0.05, 0.1) is 12.8 Å². The first-order valence-electron chi connectivity index (χ1n) is 6.45. The number of carbonyl (C=O) groups is 1. The molecule has 0 saturated carbocycles. The number of anilines is 1. The maximum Gasteiger partial charge on any atom is 0.471 e. The standard InChI is InChI=1S/C13H12F3N5O3/c1-21-10(17-12(23)13(14,15)16)9(11(22)20-21)19-18-7-3-5-8(24-2)6-4-7/h3-6H,1-2H3,(H,17,23)(H,20,22). The van der Waals surface area contributed by atoms with E-state index in [2.05, 4.69) is 15.3 Å². The van der Waals surface area contributed by atoms with Crippen molar-refractivity contribution in [3.63, 3.8) is 0 Å². The molecule has 24 heavy (non-hydrogen) atoms. The van der Waals surface area contributed by atoms with Gasteiger partial charge >= 0.3 is 12.1 Å². The van der Waals surface area contributed by atoms with Crippen LogP contribution in [0.1, 0.15) is 0 Å². The molecule has 1 amide bonds. The van der Waals surface area contributed by atoms with Crippen molar-refractivity contribution in [3.8, 4) is 5.75 Å². The summed E-state index contributed by atoms with van der Waals surface area (Å²) in [5.74, 6) is -2.10. The van der Waals surface area contributed by atoms with Gasteiger partial charge in [-0.3, -0.25) is 19.4 Å². The predicted octanol–water partition coefficient (Wildman–Crippen LogP) is 2.64. The van der Waals surface area contributed by atoms with Gasteiger partial charge in [0.2, 0.25) is 0 Å². The molecule has 0 aliphatic rings. The second-order valence-corrected chi connectivity index (χ2v) is 4.55. The third kappa shape index (κ3) is 3.80. The van der Waals surface area contributed by atoms with Gasteiger partial charge in [0.25, 0.3) is 5.56 Å². The van der Waals surface area contributed by atoms with Crippen LogP contribution < -0.4 is 15.6 Å². The van der Waals surface area contributed by atoms with Crippen LogP contribution in [0, 0.1) is 0 Å². The van der Waals surface area contributed by atoms with E-state index in [1.807, 2.05) is 0 Å². The van der Waals surface area contributed by atoms with Crippen LogP contribution in [0.2, 0.25) is 0 Å². The molecule has 0 aliphatic heterocycles. The highest BCUT2D eigenvalue weighted by molar-refractivity contribution is 5.96. The highest BCUT2D eigenvalue weighted by Gasteiger charge is 2.39. The van der Waals surface area contributed by atoms with Gasteiger partial charge in [0.1, 0.15) is 5.75 Å². The molecule has 0 saturated heterocycles. The minimum absolute atomic E-state index is 0.340. The van der Waals surface area contributed by atoms with Crippen LogP contribution in [0.3, 0.4) is 0 Å². The lowest BCUT2D eigenvalue weighted by atomic mass is 10.3. The zero-order chi connectivity index (χ0) is 17.9. The van der Waals surface area contributed by atoms with Crippen LogP contribution in [0.15, 0.2) is 39.3 Å². The molecular formula is C13H12F3N5O3. The number of aromatic nitrogens is 2. The number of H-pyrrole nitrogens is 1. The molecule has 0 atom stereocenters. The van der Waals surface area contributed by atoms with Crippen LogP contribution in [-0.4, -0.2) is 29.0 Å². The number of alkyl halides is 3. The molecule has 8 nitrogen and oxygen atoms in total. The van der Waals surface area contributed by atoms with Gasteiger partial charge in [-0.1, -0.05) is 0 Å². The molecule has 2 rings (SSSR count). The van der Waals surface area contributed by atoms with Crippen LogP contribution in [0.4, 0.5) is 30.4 Å². The summed E-state index contributed by atoms with van der Waals surface area (Å²) in [6.07, 6.45) is -5.10. The lowest BCUT2D eigenvalue weighted by Crippen LogP contribution is -2.30. The summed E-state index contributed by atoms with van der Waals surface area (Å²) in [6, 6.07) is 6.26. The van der Waals surface area contributed by atoms with Gasteiger partial charge in [-0.05, 0) is 24.3 Å². The maximum absolute atomic E-state index is 12.4. The van der Waals surface area contributed by atoms with Crippen molar-refractivity contribution >= 4 is 23.1 Å². The summed E-state index contributed by atoms with van der Waals surface area (Å²) in [5, 5.41) is 11.2. The number of aryl methyl sites for hydroxylation is 1. The summed E-state index contributed by atoms with van der Waals surface area (Å²) in [7, 11) is 2.73. The lowest BCUT2D eigenvalue weighted by molar-refractivity contribution is -0.167. The molecule has 1 aromatic carbocycles. The molecule has 2 aromatic rings. The zero-order valence-electron chi connectivity index (χ0n) is 12.5. The first kappa shape index (κ1) is 17.2. The number of carbonyl (C=O) groups excluding carboxylic acids is 1. The van der Waals surface area contributed by atoms with Gasteiger partial charge in [-0.25, -0.2) is 0 Å². The molecule has 0 aliphatic carbocycles. The van der Waals surface area contributed by atoms with Crippen LogP contribution in [-0.2, 0) is 11.8 Å². The Kier molecular flexibility index (Phi) is 4.71. The van der Waals surface area contributed by atoms with E-state index in [1.165, 1.54) is 26.3 Å². The summed E-state index contributed by atoms with van der Waals surface area (Å²) in [6.45, 7) is 0. The van der Waals surface area contributed by atoms with Gasteiger partial charge in [-0.15, -0.1) is 5.11 Å². The third-order valence-electron chi connectivity index (χ3n) is 2.87. The van der Waals surface area contributed by atoms with E-state index in [9.17, 15) is 22.8 Å². The van der Waals surface area contributed by atoms with Crippen LogP contribution in [0.5, 0.6) is 5.75 Å². The number of ether oxygens (including phenoxy) is 1. The van der Waals surface area contributed by atoms with Crippen molar-refractivity contribution in [2.24, 2.45) is 17.3 Å². The fourth-order valence-corrected chi connectivity index (χ4v) is 1.70. The molecule has 1 heterocycles. The van der Waals surface area contributed by atoms with Crippen molar-refractivity contribution in [2.45, 2.75) is 6.18 Å². The van der Waals surface area contributed by atoms with E-state index in [0.717, 1.165) is 4.68 Å². The molecule has 128 valence electrons. The number of benzene rings is 1. The molecule has 0 bridgehead atoms. The Balaban J connectivity index is 2.31. The second kappa shape index (κ2) is 6.56. The summed E-state index contributed by atoms with van der Waals surface area (Å²) in [4.78, 5) is 22.8. The molecule has 0 unspecified atom stereocenters. The summed E-state index contributed by atoms with van der Waals surface area (Å²) >= 11 is 0. The van der Waals surface area contributed by atoms with E-state index in [1.54, 1.807) is 17.4 Å². The minimum atomic E-state index is -5.10. The van der Waals surface area contributed by atoms with E-state index in [-0.39, 0.29) is 0 Å². The number of hydrogen-bond acceptors (Lipinski definition) is 5. The largest absolute Gasteiger partial charge is 0.497 e. The average Bonchev–Trinajstić information content (AvgIpc) is 2.78. The third-order valence-corrected chi connectivity index (χ3v) is 2.87. The van der Waals surface area contributed by atoms with Crippen molar-refractivity contribution in [1.29, 1.82) is 0 Å². The lowest BCUT2D eigenvalue weighted by Gasteiger charge is -2.08. The number of rotatable bonds is 4. The Labute approximate surface area is 132 Å². The Morgan fingerprint density at radius 1 is 1.25 bits per heavy atom. The van der Waals surface area contributed by atoms with Crippen molar-refractivity contribution in [3.05, 3.63) is 34.6 Å². The van der Waals surface area contributed by atoms with E-state index < -0.39 is 29.1 Å². The number of nitrogens with zero attached hydrogens (tertiary/aromatic N) is 3. The molecule has 1 aromatic heterocycles. The Morgan fingerprint density at radius 3 is 2.42 bits per heavy atom. The Bertz CT molecular complexity index is 821. The zero-order valence-corrected chi connectivity index (χ0v) is 12.5. The Hall–Kier alpha value is -3.11. The topological polar surface area (TPSA) is 101 Å². The monoisotopic (exact) mass is 343 g/mol. The molecule has 0 fully saturated rings. The summed E-state index contributed by atoms with van der Waals surface area (Å²) < 4.78 is 42.9. The van der Waals surface area contributed by atoms with E-state index in [0.29, 0.717) is 11.4 Å². The van der Waals surface area contributed by atoms with Gasteiger partial charge in [0.15, 0.2) is 11.5 Å². The highest BCUT2D eigenvalue weighted by Crippen LogP contribution is 2.26. The second-order valence-electron chi connectivity index (χ2n) is 4.55. The molecule has 2 N–H and O–H groups in total. The number of amides is 1. The van der Waals surface area contributed by atoms with Gasteiger partial charge < -0.3 is 10.1 Å². The highest BCUT2D eigenvalue weighted by atomic mass is 19.4. The number of methoxy groups -OCH3 is 1. The summed E-state index contributed by atoms with van der Waals surface area (Å²) in [5.41, 5.74) is -0.912. The fourth-order valence-electron chi connectivity index (χ4n) is 1.70. The Morgan fingerprint density at radius 2 is 1.88 bits per heavy atom. The molecule has 0 radical (unpaired) electrons. The number of halogens is 3. The minimum Gasteiger partial charge on any atom is -0.497 e. The molecular weight excluding hydrogens is 331 g/mol. The van der Waals surface area contributed by atoms with E-state index in [4.69, 9.17) is 4.74 Å². The average molecular weight is 343 g/mol. The molecule has 0 spiro atoms. The first-order valence-corrected chi connectivity index (χ1v) is 6.45. The van der Waals surface area contributed by atoms with Crippen LogP contribution in [0.25, 0.3) is 0 Å². The van der Waals surface area contributed by atoms with E-state index >= 15 is 0 Å². The van der Waals surface area contributed by atoms with Crippen molar-refractivity contribution in [1.82, 2.24) is 9.78 Å². The predicted molar refractivity (Wildman–Crippen MR) is 77.9 cm³/mol. The molecule has 11 heteroatoms. The number of nitrogens with one attached hydrogen (secondary N) is 2. The van der Waals surface area contributed by atoms with Crippen molar-refractivity contribution < 1.29 is 22.7 Å². The van der Waals surface area contributed by atoms with Crippen LogP contribution >= 0.6 is 0 Å².